The van der Waals surface area contributed by atoms with E-state index < -0.39 is 12.6 Å². The van der Waals surface area contributed by atoms with Crippen LogP contribution in [0.4, 0.5) is 13.2 Å². The van der Waals surface area contributed by atoms with Crippen LogP contribution >= 0.6 is 0 Å². The molecular formula is C11H16F3N. The van der Waals surface area contributed by atoms with Gasteiger partial charge < -0.3 is 0 Å². The van der Waals surface area contributed by atoms with Gasteiger partial charge in [-0.2, -0.15) is 13.2 Å². The molecule has 86 valence electrons. The highest BCUT2D eigenvalue weighted by atomic mass is 19.4. The van der Waals surface area contributed by atoms with Gasteiger partial charge in [0.25, 0.3) is 0 Å². The van der Waals surface area contributed by atoms with Crippen LogP contribution in [0.1, 0.15) is 30.7 Å². The summed E-state index contributed by atoms with van der Waals surface area (Å²) in [7, 11) is 0. The van der Waals surface area contributed by atoms with E-state index in [1.807, 2.05) is 13.8 Å². The average molecular weight is 219 g/mol. The first-order chi connectivity index (χ1) is 6.88. The van der Waals surface area contributed by atoms with Crippen molar-refractivity contribution in [2.45, 2.75) is 40.3 Å². The zero-order chi connectivity index (χ0) is 12.1. The third kappa shape index (κ3) is 5.40. The Balaban J connectivity index is 0.000000921. The molecule has 1 nitrogen and oxygen atoms in total. The molecule has 0 aliphatic rings. The fourth-order valence-electron chi connectivity index (χ4n) is 1.03. The van der Waals surface area contributed by atoms with Crippen LogP contribution in [0.25, 0.3) is 0 Å². The van der Waals surface area contributed by atoms with Crippen LogP contribution < -0.4 is 0 Å². The molecule has 0 unspecified atom stereocenters. The molecule has 0 aliphatic carbocycles. The van der Waals surface area contributed by atoms with Crippen LogP contribution in [0.15, 0.2) is 12.3 Å². The van der Waals surface area contributed by atoms with E-state index in [2.05, 4.69) is 4.98 Å². The monoisotopic (exact) mass is 219 g/mol. The Kier molecular flexibility index (Phi) is 5.33. The lowest BCUT2D eigenvalue weighted by Gasteiger charge is -2.07. The zero-order valence-corrected chi connectivity index (χ0v) is 9.44. The summed E-state index contributed by atoms with van der Waals surface area (Å²) in [5.74, 6) is 0. The predicted molar refractivity (Wildman–Crippen MR) is 54.8 cm³/mol. The minimum atomic E-state index is -4.15. The van der Waals surface area contributed by atoms with Gasteiger partial charge in [0.1, 0.15) is 0 Å². The Morgan fingerprint density at radius 1 is 1.20 bits per heavy atom. The first-order valence-electron chi connectivity index (χ1n) is 4.87. The summed E-state index contributed by atoms with van der Waals surface area (Å²) in [6.45, 7) is 7.52. The van der Waals surface area contributed by atoms with Crippen molar-refractivity contribution in [3.63, 3.8) is 0 Å². The van der Waals surface area contributed by atoms with E-state index in [0.29, 0.717) is 0 Å². The Bertz CT molecular complexity index is 305. The van der Waals surface area contributed by atoms with E-state index in [4.69, 9.17) is 0 Å². The van der Waals surface area contributed by atoms with Crippen molar-refractivity contribution < 1.29 is 13.2 Å². The average Bonchev–Trinajstić information content (AvgIpc) is 2.12. The van der Waals surface area contributed by atoms with Crippen LogP contribution in [0.2, 0.25) is 0 Å². The smallest absolute Gasteiger partial charge is 0.261 e. The molecule has 0 fully saturated rings. The number of alkyl halides is 3. The first-order valence-corrected chi connectivity index (χ1v) is 4.87. The summed E-state index contributed by atoms with van der Waals surface area (Å²) in [6, 6.07) is 1.52. The summed E-state index contributed by atoms with van der Waals surface area (Å²) in [5.41, 5.74) is 1.78. The maximum absolute atomic E-state index is 11.9. The number of nitrogens with zero attached hydrogens (tertiary/aromatic N) is 1. The van der Waals surface area contributed by atoms with Crippen LogP contribution in [-0.4, -0.2) is 11.2 Å². The standard InChI is InChI=1S/C9H10F3N.C2H6/c1-6-3-8(4-9(10,11)12)5-13-7(6)2;1-2/h3,5H,4H2,1-2H3;1-2H3. The summed E-state index contributed by atoms with van der Waals surface area (Å²) in [4.78, 5) is 3.86. The highest BCUT2D eigenvalue weighted by molar-refractivity contribution is 5.23. The highest BCUT2D eigenvalue weighted by Gasteiger charge is 2.27. The zero-order valence-electron chi connectivity index (χ0n) is 9.44. The molecule has 0 aromatic carbocycles. The summed E-state index contributed by atoms with van der Waals surface area (Å²) >= 11 is 0. The van der Waals surface area contributed by atoms with Gasteiger partial charge in [-0.15, -0.1) is 0 Å². The molecule has 0 aliphatic heterocycles. The lowest BCUT2D eigenvalue weighted by Crippen LogP contribution is -2.12. The van der Waals surface area contributed by atoms with Crippen LogP contribution in [0.3, 0.4) is 0 Å². The van der Waals surface area contributed by atoms with Gasteiger partial charge in [0.2, 0.25) is 0 Å². The van der Waals surface area contributed by atoms with E-state index in [-0.39, 0.29) is 5.56 Å². The van der Waals surface area contributed by atoms with Gasteiger partial charge in [0.15, 0.2) is 0 Å². The summed E-state index contributed by atoms with van der Waals surface area (Å²) in [6.07, 6.45) is -3.78. The predicted octanol–water partition coefficient (Wildman–Crippen LogP) is 3.83. The highest BCUT2D eigenvalue weighted by Crippen LogP contribution is 2.21. The van der Waals surface area contributed by atoms with Crippen molar-refractivity contribution in [1.82, 2.24) is 4.98 Å². The minimum Gasteiger partial charge on any atom is -0.261 e. The number of pyridine rings is 1. The van der Waals surface area contributed by atoms with Gasteiger partial charge in [0, 0.05) is 11.9 Å². The maximum atomic E-state index is 11.9. The molecular weight excluding hydrogens is 203 g/mol. The quantitative estimate of drug-likeness (QED) is 0.699. The molecule has 1 aromatic rings. The van der Waals surface area contributed by atoms with Crippen molar-refractivity contribution in [2.75, 3.05) is 0 Å². The first kappa shape index (κ1) is 13.9. The van der Waals surface area contributed by atoms with Gasteiger partial charge in [-0.3, -0.25) is 4.98 Å². The second kappa shape index (κ2) is 5.73. The number of halogens is 3. The van der Waals surface area contributed by atoms with Crippen molar-refractivity contribution in [1.29, 1.82) is 0 Å². The molecule has 0 amide bonds. The molecule has 0 atom stereocenters. The fraction of sp³-hybridized carbons (Fsp3) is 0.545. The molecule has 0 saturated carbocycles. The number of aryl methyl sites for hydroxylation is 2. The van der Waals surface area contributed by atoms with Crippen LogP contribution in [-0.2, 0) is 6.42 Å². The number of rotatable bonds is 1. The molecule has 0 N–H and O–H groups in total. The molecule has 15 heavy (non-hydrogen) atoms. The second-order valence-electron chi connectivity index (χ2n) is 3.04. The van der Waals surface area contributed by atoms with E-state index in [1.54, 1.807) is 13.8 Å². The molecule has 0 bridgehead atoms. The van der Waals surface area contributed by atoms with Gasteiger partial charge in [0.05, 0.1) is 6.42 Å². The molecule has 1 rings (SSSR count). The lowest BCUT2D eigenvalue weighted by molar-refractivity contribution is -0.127. The minimum absolute atomic E-state index is 0.218. The Morgan fingerprint density at radius 2 is 1.73 bits per heavy atom. The van der Waals surface area contributed by atoms with E-state index in [0.717, 1.165) is 11.3 Å². The van der Waals surface area contributed by atoms with Crippen LogP contribution in [0.5, 0.6) is 0 Å². The number of hydrogen-bond donors (Lipinski definition) is 0. The fourth-order valence-corrected chi connectivity index (χ4v) is 1.03. The molecule has 1 heterocycles. The van der Waals surface area contributed by atoms with Gasteiger partial charge in [-0.1, -0.05) is 19.9 Å². The maximum Gasteiger partial charge on any atom is 0.393 e. The Morgan fingerprint density at radius 3 is 2.13 bits per heavy atom. The van der Waals surface area contributed by atoms with Gasteiger partial charge in [-0.05, 0) is 25.0 Å². The molecule has 4 heteroatoms. The van der Waals surface area contributed by atoms with Crippen molar-refractivity contribution in [2.24, 2.45) is 0 Å². The Hall–Kier alpha value is -1.06. The SMILES string of the molecule is CC.Cc1cc(CC(F)(F)F)cnc1C. The van der Waals surface area contributed by atoms with Crippen molar-refractivity contribution in [3.05, 3.63) is 29.1 Å². The Labute approximate surface area is 88.3 Å². The molecule has 0 radical (unpaired) electrons. The van der Waals surface area contributed by atoms with Crippen molar-refractivity contribution >= 4 is 0 Å². The molecule has 1 aromatic heterocycles. The summed E-state index contributed by atoms with van der Waals surface area (Å²) in [5, 5.41) is 0. The van der Waals surface area contributed by atoms with Crippen LogP contribution in [0, 0.1) is 13.8 Å². The van der Waals surface area contributed by atoms with E-state index in [9.17, 15) is 13.2 Å². The van der Waals surface area contributed by atoms with Gasteiger partial charge >= 0.3 is 6.18 Å². The second-order valence-corrected chi connectivity index (χ2v) is 3.04. The lowest BCUT2D eigenvalue weighted by atomic mass is 10.1. The van der Waals surface area contributed by atoms with Crippen molar-refractivity contribution in [3.8, 4) is 0 Å². The third-order valence-corrected chi connectivity index (χ3v) is 1.80. The number of aromatic nitrogens is 1. The third-order valence-electron chi connectivity index (χ3n) is 1.80. The summed E-state index contributed by atoms with van der Waals surface area (Å²) < 4.78 is 35.8. The van der Waals surface area contributed by atoms with E-state index >= 15 is 0 Å². The number of hydrogen-bond acceptors (Lipinski definition) is 1. The molecule has 0 spiro atoms. The van der Waals surface area contributed by atoms with E-state index in [1.165, 1.54) is 12.3 Å². The molecule has 0 saturated heterocycles. The topological polar surface area (TPSA) is 12.9 Å². The largest absolute Gasteiger partial charge is 0.393 e. The van der Waals surface area contributed by atoms with Gasteiger partial charge in [-0.25, -0.2) is 0 Å². The normalized spacial score (nSPS) is 10.6.